The van der Waals surface area contributed by atoms with Gasteiger partial charge in [0.2, 0.25) is 0 Å². The minimum atomic E-state index is -0.810. The number of fused-ring (bicyclic) bond motifs is 3. The van der Waals surface area contributed by atoms with Crippen LogP contribution in [0.3, 0.4) is 0 Å². The number of H-pyrrole nitrogens is 1. The highest BCUT2D eigenvalue weighted by atomic mass is 19.1. The summed E-state index contributed by atoms with van der Waals surface area (Å²) in [5, 5.41) is 28.8. The van der Waals surface area contributed by atoms with Gasteiger partial charge in [-0.3, -0.25) is 4.79 Å². The Morgan fingerprint density at radius 3 is 2.64 bits per heavy atom. The van der Waals surface area contributed by atoms with Crippen molar-refractivity contribution in [3.05, 3.63) is 88.1 Å². The number of amides is 1. The third kappa shape index (κ3) is 4.47. The second kappa shape index (κ2) is 10.6. The van der Waals surface area contributed by atoms with Crippen molar-refractivity contribution in [2.75, 3.05) is 26.2 Å². The predicted octanol–water partition coefficient (Wildman–Crippen LogP) is 3.49. The molecule has 2 aliphatic carbocycles. The second-order valence-electron chi connectivity index (χ2n) is 12.2. The van der Waals surface area contributed by atoms with Crippen molar-refractivity contribution in [1.82, 2.24) is 35.7 Å². The van der Waals surface area contributed by atoms with Gasteiger partial charge in [0.1, 0.15) is 11.9 Å². The molecule has 3 heterocycles. The zero-order valence-electron chi connectivity index (χ0n) is 23.7. The average Bonchev–Trinajstić information content (AvgIpc) is 3.43. The number of rotatable bonds is 8. The van der Waals surface area contributed by atoms with Gasteiger partial charge in [0.05, 0.1) is 11.5 Å². The van der Waals surface area contributed by atoms with Gasteiger partial charge in [-0.1, -0.05) is 23.9 Å². The van der Waals surface area contributed by atoms with E-state index in [-0.39, 0.29) is 17.8 Å². The lowest BCUT2D eigenvalue weighted by atomic mass is 9.69. The average molecular weight is 567 g/mol. The molecule has 3 aromatic rings. The van der Waals surface area contributed by atoms with Crippen LogP contribution in [0.2, 0.25) is 0 Å². The second-order valence-corrected chi connectivity index (χ2v) is 12.2. The Labute approximate surface area is 244 Å². The van der Waals surface area contributed by atoms with Crippen molar-refractivity contribution >= 4 is 5.91 Å². The lowest BCUT2D eigenvalue weighted by Crippen LogP contribution is -2.38. The van der Waals surface area contributed by atoms with Gasteiger partial charge in [0.15, 0.2) is 5.82 Å². The first-order valence-corrected chi connectivity index (χ1v) is 15.0. The summed E-state index contributed by atoms with van der Waals surface area (Å²) in [5.74, 6) is 0.915. The fraction of sp³-hybridized carbons (Fsp3) is 0.469. The smallest absolute Gasteiger partial charge is 0.253 e. The fourth-order valence-electron chi connectivity index (χ4n) is 7.64. The van der Waals surface area contributed by atoms with Crippen molar-refractivity contribution in [2.24, 2.45) is 5.92 Å². The molecule has 2 aliphatic heterocycles. The Balaban J connectivity index is 1.22. The molecule has 4 atom stereocenters. The van der Waals surface area contributed by atoms with Gasteiger partial charge in [-0.15, -0.1) is 10.2 Å². The molecule has 9 nitrogen and oxygen atoms in total. The molecule has 42 heavy (non-hydrogen) atoms. The van der Waals surface area contributed by atoms with Crippen LogP contribution in [0.4, 0.5) is 4.39 Å². The number of carbonyl (C=O) groups is 1. The minimum absolute atomic E-state index is 0.0592. The normalized spacial score (nSPS) is 25.8. The van der Waals surface area contributed by atoms with Crippen LogP contribution in [0.5, 0.6) is 0 Å². The lowest BCUT2D eigenvalue weighted by Gasteiger charge is -2.34. The number of carbonyl (C=O) groups excluding carboxylic acids is 1. The summed E-state index contributed by atoms with van der Waals surface area (Å²) in [7, 11) is 0. The van der Waals surface area contributed by atoms with E-state index in [1.807, 2.05) is 29.2 Å². The lowest BCUT2D eigenvalue weighted by molar-refractivity contribution is 0.0792. The van der Waals surface area contributed by atoms with Crippen LogP contribution in [0.25, 0.3) is 0 Å². The number of nitrogens with zero attached hydrogens (tertiary/aromatic N) is 6. The number of piperidine rings is 1. The number of halogens is 1. The molecule has 2 aromatic carbocycles. The highest BCUT2D eigenvalue weighted by Crippen LogP contribution is 2.49. The van der Waals surface area contributed by atoms with Gasteiger partial charge >= 0.3 is 0 Å². The van der Waals surface area contributed by atoms with Gasteiger partial charge in [-0.05, 0) is 104 Å². The van der Waals surface area contributed by atoms with Gasteiger partial charge in [0, 0.05) is 36.9 Å². The maximum absolute atomic E-state index is 14.6. The number of hydrogen-bond acceptors (Lipinski definition) is 7. The molecule has 2 saturated heterocycles. The molecule has 2 unspecified atom stereocenters. The highest BCUT2D eigenvalue weighted by molar-refractivity contribution is 5.94. The van der Waals surface area contributed by atoms with E-state index in [4.69, 9.17) is 0 Å². The number of likely N-dealkylation sites (tertiary alicyclic amines) is 2. The Bertz CT molecular complexity index is 1560. The highest BCUT2D eigenvalue weighted by Gasteiger charge is 2.52. The molecular weight excluding hydrogens is 531 g/mol. The number of nitrogens with one attached hydrogen (secondary N) is 2. The van der Waals surface area contributed by atoms with Gasteiger partial charge in [-0.25, -0.2) is 4.39 Å². The summed E-state index contributed by atoms with van der Waals surface area (Å²) in [5.41, 5.74) is 4.72. The number of hydrogen-bond donors (Lipinski definition) is 2. The molecule has 0 radical (unpaired) electrons. The molecule has 216 valence electrons. The van der Waals surface area contributed by atoms with Crippen LogP contribution >= 0.6 is 0 Å². The van der Waals surface area contributed by atoms with Crippen molar-refractivity contribution < 1.29 is 9.18 Å². The van der Waals surface area contributed by atoms with Gasteiger partial charge < -0.3 is 15.1 Å². The Morgan fingerprint density at radius 1 is 1.14 bits per heavy atom. The first kappa shape index (κ1) is 26.8. The maximum atomic E-state index is 14.6. The SMILES string of the molecule is C=C(CNCCC1(c2nn[nH]n2)c2ccc(F)cc2CCc2cc(C(=O)N3CCCC3)ccc21)N1C(C#N)C[C@@H]2C[C@@H]21. The molecule has 4 aliphatic rings. The van der Waals surface area contributed by atoms with Gasteiger partial charge in [0.25, 0.3) is 5.91 Å². The number of nitriles is 1. The van der Waals surface area contributed by atoms with E-state index in [9.17, 15) is 14.4 Å². The van der Waals surface area contributed by atoms with E-state index in [0.717, 1.165) is 66.7 Å². The number of aromatic amines is 1. The third-order valence-corrected chi connectivity index (χ3v) is 9.75. The van der Waals surface area contributed by atoms with Crippen LogP contribution in [0.15, 0.2) is 48.7 Å². The summed E-state index contributed by atoms with van der Waals surface area (Å²) in [4.78, 5) is 17.4. The number of aryl methyl sites for hydroxylation is 2. The van der Waals surface area contributed by atoms with Crippen LogP contribution in [0.1, 0.15) is 70.5 Å². The van der Waals surface area contributed by atoms with E-state index < -0.39 is 5.41 Å². The van der Waals surface area contributed by atoms with Crippen LogP contribution in [0, 0.1) is 23.1 Å². The van der Waals surface area contributed by atoms with Crippen molar-refractivity contribution in [3.63, 3.8) is 0 Å². The summed E-state index contributed by atoms with van der Waals surface area (Å²) in [6.07, 6.45) is 6.03. The molecule has 0 bridgehead atoms. The Hall–Kier alpha value is -4.10. The number of aromatic nitrogens is 4. The number of benzene rings is 2. The van der Waals surface area contributed by atoms with E-state index in [1.165, 1.54) is 6.07 Å². The molecule has 10 heteroatoms. The molecule has 1 aromatic heterocycles. The van der Waals surface area contributed by atoms with Crippen molar-refractivity contribution in [3.8, 4) is 6.07 Å². The van der Waals surface area contributed by atoms with E-state index in [2.05, 4.69) is 43.5 Å². The molecule has 2 N–H and O–H groups in total. The topological polar surface area (TPSA) is 114 Å². The zero-order valence-corrected chi connectivity index (χ0v) is 23.7. The first-order valence-electron chi connectivity index (χ1n) is 15.0. The van der Waals surface area contributed by atoms with Crippen LogP contribution in [-0.4, -0.2) is 74.6 Å². The molecule has 1 amide bonds. The van der Waals surface area contributed by atoms with Crippen LogP contribution in [-0.2, 0) is 18.3 Å². The molecule has 1 saturated carbocycles. The van der Waals surface area contributed by atoms with Crippen molar-refractivity contribution in [2.45, 2.75) is 62.4 Å². The summed E-state index contributed by atoms with van der Waals surface area (Å²) in [6.45, 7) is 7.05. The van der Waals surface area contributed by atoms with E-state index in [0.29, 0.717) is 55.7 Å². The molecule has 7 rings (SSSR count). The summed E-state index contributed by atoms with van der Waals surface area (Å²) in [6, 6.07) is 13.7. The largest absolute Gasteiger partial charge is 0.355 e. The van der Waals surface area contributed by atoms with Crippen LogP contribution < -0.4 is 5.32 Å². The molecular formula is C32H35FN8O. The van der Waals surface area contributed by atoms with Crippen molar-refractivity contribution in [1.29, 1.82) is 5.26 Å². The minimum Gasteiger partial charge on any atom is -0.355 e. The first-order chi connectivity index (χ1) is 20.5. The summed E-state index contributed by atoms with van der Waals surface area (Å²) < 4.78 is 14.6. The monoisotopic (exact) mass is 566 g/mol. The zero-order chi connectivity index (χ0) is 28.8. The standard InChI is InChI=1S/C32H35FN8O/c1-20(41-26(18-34)16-24-17-29(24)41)19-35-11-10-32(31-36-38-39-37-31)27-8-6-23(30(42)40-12-2-3-13-40)14-21(27)4-5-22-15-25(33)7-9-28(22)32/h6-9,14-15,24,26,29,35H,1-5,10-13,16-17,19H2,(H,36,37,38,39)/t24-,26?,29+,32?/m1/s1. The molecule has 0 spiro atoms. The Morgan fingerprint density at radius 2 is 1.90 bits per heavy atom. The molecule has 3 fully saturated rings. The third-order valence-electron chi connectivity index (χ3n) is 9.75. The van der Waals surface area contributed by atoms with E-state index >= 15 is 0 Å². The van der Waals surface area contributed by atoms with Gasteiger partial charge in [-0.2, -0.15) is 10.5 Å². The fourth-order valence-corrected chi connectivity index (χ4v) is 7.64. The quantitative estimate of drug-likeness (QED) is 0.401. The summed E-state index contributed by atoms with van der Waals surface area (Å²) >= 11 is 0. The predicted molar refractivity (Wildman–Crippen MR) is 154 cm³/mol. The number of tetrazole rings is 1. The Kier molecular flexibility index (Phi) is 6.77. The van der Waals surface area contributed by atoms with E-state index in [1.54, 1.807) is 6.07 Å². The maximum Gasteiger partial charge on any atom is 0.253 e.